The monoisotopic (exact) mass is 252 g/mol. The van der Waals surface area contributed by atoms with Crippen molar-refractivity contribution in [2.75, 3.05) is 18.0 Å². The molecule has 1 N–H and O–H groups in total. The van der Waals surface area contributed by atoms with Gasteiger partial charge in [-0.1, -0.05) is 18.9 Å². The van der Waals surface area contributed by atoms with E-state index in [1.807, 2.05) is 4.90 Å². The molecule has 4 heteroatoms. The summed E-state index contributed by atoms with van der Waals surface area (Å²) in [7, 11) is 0. The van der Waals surface area contributed by atoms with E-state index in [1.54, 1.807) is 0 Å². The highest BCUT2D eigenvalue weighted by molar-refractivity contribution is 5.51. The fourth-order valence-electron chi connectivity index (χ4n) is 3.30. The number of halogens is 2. The highest BCUT2D eigenvalue weighted by atomic mass is 19.1. The molecule has 0 bridgehead atoms. The van der Waals surface area contributed by atoms with Crippen molar-refractivity contribution < 1.29 is 8.78 Å². The maximum atomic E-state index is 13.9. The van der Waals surface area contributed by atoms with Gasteiger partial charge in [0.1, 0.15) is 17.3 Å². The molecule has 1 saturated heterocycles. The van der Waals surface area contributed by atoms with Crippen LogP contribution in [0.5, 0.6) is 0 Å². The summed E-state index contributed by atoms with van der Waals surface area (Å²) in [6, 6.07) is 4.73. The molecule has 98 valence electrons. The number of piperazine rings is 1. The van der Waals surface area contributed by atoms with E-state index >= 15 is 0 Å². The number of rotatable bonds is 1. The molecule has 1 aromatic carbocycles. The number of nitrogens with zero attached hydrogens (tertiary/aromatic N) is 1. The average molecular weight is 252 g/mol. The summed E-state index contributed by atoms with van der Waals surface area (Å²) < 4.78 is 27.8. The number of para-hydroxylation sites is 1. The third-order valence-electron chi connectivity index (χ3n) is 4.11. The van der Waals surface area contributed by atoms with E-state index in [1.165, 1.54) is 24.6 Å². The number of hydrogen-bond acceptors (Lipinski definition) is 2. The lowest BCUT2D eigenvalue weighted by atomic mass is 9.87. The van der Waals surface area contributed by atoms with E-state index in [-0.39, 0.29) is 11.7 Å². The molecule has 2 unspecified atom stereocenters. The zero-order valence-corrected chi connectivity index (χ0v) is 10.3. The Kier molecular flexibility index (Phi) is 3.20. The molecule has 2 aliphatic rings. The Labute approximate surface area is 106 Å². The van der Waals surface area contributed by atoms with Crippen molar-refractivity contribution >= 4 is 5.69 Å². The Balaban J connectivity index is 1.94. The van der Waals surface area contributed by atoms with Gasteiger partial charge in [0.15, 0.2) is 0 Å². The number of benzene rings is 1. The molecule has 0 amide bonds. The minimum atomic E-state index is -0.443. The van der Waals surface area contributed by atoms with Crippen molar-refractivity contribution in [3.63, 3.8) is 0 Å². The third-order valence-corrected chi connectivity index (χ3v) is 4.11. The summed E-state index contributed by atoms with van der Waals surface area (Å²) in [5.74, 6) is -0.887. The summed E-state index contributed by atoms with van der Waals surface area (Å²) in [6.45, 7) is 1.48. The average Bonchev–Trinajstić information content (AvgIpc) is 2.39. The molecular formula is C14H18F2N2. The van der Waals surface area contributed by atoms with Crippen LogP contribution in [-0.2, 0) is 0 Å². The summed E-state index contributed by atoms with van der Waals surface area (Å²) in [6.07, 6.45) is 4.49. The van der Waals surface area contributed by atoms with Gasteiger partial charge in [-0.25, -0.2) is 8.78 Å². The van der Waals surface area contributed by atoms with Crippen LogP contribution in [0.2, 0.25) is 0 Å². The van der Waals surface area contributed by atoms with E-state index in [4.69, 9.17) is 0 Å². The van der Waals surface area contributed by atoms with Crippen LogP contribution in [0, 0.1) is 11.6 Å². The maximum absolute atomic E-state index is 13.9. The van der Waals surface area contributed by atoms with Crippen LogP contribution in [0.15, 0.2) is 18.2 Å². The van der Waals surface area contributed by atoms with Crippen molar-refractivity contribution in [1.29, 1.82) is 0 Å². The molecular weight excluding hydrogens is 234 g/mol. The van der Waals surface area contributed by atoms with Gasteiger partial charge >= 0.3 is 0 Å². The summed E-state index contributed by atoms with van der Waals surface area (Å²) >= 11 is 0. The first kappa shape index (κ1) is 11.9. The standard InChI is InChI=1S/C14H18F2N2/c15-10-4-3-5-11(16)14(10)18-9-8-17-12-6-1-2-7-13(12)18/h3-5,12-13,17H,1-2,6-9H2. The van der Waals surface area contributed by atoms with Crippen molar-refractivity contribution in [2.45, 2.75) is 37.8 Å². The van der Waals surface area contributed by atoms with E-state index in [0.29, 0.717) is 12.6 Å². The van der Waals surface area contributed by atoms with Crippen LogP contribution in [0.4, 0.5) is 14.5 Å². The topological polar surface area (TPSA) is 15.3 Å². The van der Waals surface area contributed by atoms with Gasteiger partial charge in [0.05, 0.1) is 0 Å². The van der Waals surface area contributed by atoms with E-state index in [2.05, 4.69) is 5.32 Å². The van der Waals surface area contributed by atoms with Gasteiger partial charge in [-0.2, -0.15) is 0 Å². The van der Waals surface area contributed by atoms with Gasteiger partial charge in [0, 0.05) is 25.2 Å². The van der Waals surface area contributed by atoms with Crippen molar-refractivity contribution in [1.82, 2.24) is 5.32 Å². The normalized spacial score (nSPS) is 28.0. The predicted octanol–water partition coefficient (Wildman–Crippen LogP) is 2.69. The molecule has 0 spiro atoms. The number of nitrogens with one attached hydrogen (secondary N) is 1. The minimum Gasteiger partial charge on any atom is -0.361 e. The lowest BCUT2D eigenvalue weighted by molar-refractivity contribution is 0.281. The molecule has 1 aliphatic carbocycles. The highest BCUT2D eigenvalue weighted by Gasteiger charge is 2.35. The van der Waals surface area contributed by atoms with Gasteiger partial charge in [-0.3, -0.25) is 0 Å². The first-order valence-electron chi connectivity index (χ1n) is 6.71. The van der Waals surface area contributed by atoms with Crippen LogP contribution in [0.1, 0.15) is 25.7 Å². The van der Waals surface area contributed by atoms with Crippen molar-refractivity contribution in [2.24, 2.45) is 0 Å². The number of fused-ring (bicyclic) bond motifs is 1. The molecule has 1 aliphatic heterocycles. The second-order valence-electron chi connectivity index (χ2n) is 5.18. The molecule has 1 heterocycles. The molecule has 2 fully saturated rings. The van der Waals surface area contributed by atoms with Gasteiger partial charge in [-0.05, 0) is 25.0 Å². The summed E-state index contributed by atoms with van der Waals surface area (Å²) in [4.78, 5) is 1.94. The van der Waals surface area contributed by atoms with Gasteiger partial charge in [-0.15, -0.1) is 0 Å². The Morgan fingerprint density at radius 3 is 2.61 bits per heavy atom. The van der Waals surface area contributed by atoms with Crippen LogP contribution in [0.3, 0.4) is 0 Å². The predicted molar refractivity (Wildman–Crippen MR) is 67.8 cm³/mol. The molecule has 3 rings (SSSR count). The van der Waals surface area contributed by atoms with Crippen molar-refractivity contribution in [3.8, 4) is 0 Å². The Bertz CT molecular complexity index is 414. The summed E-state index contributed by atoms with van der Waals surface area (Å²) in [5.41, 5.74) is 0.163. The van der Waals surface area contributed by atoms with E-state index < -0.39 is 11.6 Å². The third kappa shape index (κ3) is 1.99. The molecule has 2 nitrogen and oxygen atoms in total. The van der Waals surface area contributed by atoms with Crippen molar-refractivity contribution in [3.05, 3.63) is 29.8 Å². The van der Waals surface area contributed by atoms with E-state index in [9.17, 15) is 8.78 Å². The lowest BCUT2D eigenvalue weighted by Gasteiger charge is -2.46. The molecule has 18 heavy (non-hydrogen) atoms. The fourth-order valence-corrected chi connectivity index (χ4v) is 3.30. The molecule has 0 radical (unpaired) electrons. The van der Waals surface area contributed by atoms with Crippen LogP contribution in [-0.4, -0.2) is 25.2 Å². The molecule has 0 aromatic heterocycles. The molecule has 2 atom stereocenters. The first-order valence-corrected chi connectivity index (χ1v) is 6.71. The number of anilines is 1. The fraction of sp³-hybridized carbons (Fsp3) is 0.571. The maximum Gasteiger partial charge on any atom is 0.149 e. The van der Waals surface area contributed by atoms with E-state index in [0.717, 1.165) is 25.8 Å². The number of hydrogen-bond donors (Lipinski definition) is 1. The first-order chi connectivity index (χ1) is 8.77. The van der Waals surface area contributed by atoms with Gasteiger partial charge in [0.25, 0.3) is 0 Å². The minimum absolute atomic E-state index is 0.163. The zero-order chi connectivity index (χ0) is 12.5. The summed E-state index contributed by atoms with van der Waals surface area (Å²) in [5, 5.41) is 3.47. The van der Waals surface area contributed by atoms with Gasteiger partial charge < -0.3 is 10.2 Å². The lowest BCUT2D eigenvalue weighted by Crippen LogP contribution is -2.59. The quantitative estimate of drug-likeness (QED) is 0.826. The highest BCUT2D eigenvalue weighted by Crippen LogP contribution is 2.32. The van der Waals surface area contributed by atoms with Crippen LogP contribution in [0.25, 0.3) is 0 Å². The Morgan fingerprint density at radius 1 is 1.11 bits per heavy atom. The molecule has 1 saturated carbocycles. The van der Waals surface area contributed by atoms with Gasteiger partial charge in [0.2, 0.25) is 0 Å². The SMILES string of the molecule is Fc1cccc(F)c1N1CCNC2CCCCC21. The smallest absolute Gasteiger partial charge is 0.149 e. The Morgan fingerprint density at radius 2 is 1.83 bits per heavy atom. The molecule has 1 aromatic rings. The van der Waals surface area contributed by atoms with Crippen LogP contribution >= 0.6 is 0 Å². The van der Waals surface area contributed by atoms with Crippen LogP contribution < -0.4 is 10.2 Å². The second-order valence-corrected chi connectivity index (χ2v) is 5.18. The largest absolute Gasteiger partial charge is 0.361 e. The zero-order valence-electron chi connectivity index (χ0n) is 10.3. The Hall–Kier alpha value is -1.16. The second kappa shape index (κ2) is 4.84.